The van der Waals surface area contributed by atoms with Gasteiger partial charge in [-0.15, -0.1) is 0 Å². The number of piperazine rings is 1. The Morgan fingerprint density at radius 1 is 1.07 bits per heavy atom. The van der Waals surface area contributed by atoms with Crippen LogP contribution in [0.2, 0.25) is 0 Å². The first-order valence-electron chi connectivity index (χ1n) is 24.4. The Kier molecular flexibility index (Phi) is 14.0. The molecule has 20 heteroatoms. The summed E-state index contributed by atoms with van der Waals surface area (Å²) in [6.07, 6.45) is 8.68. The molecule has 0 unspecified atom stereocenters. The summed E-state index contributed by atoms with van der Waals surface area (Å²) in [4.78, 5) is 43.3. The number of nitrogens with zero attached hydrogens (tertiary/aromatic N) is 7. The number of hydrogen-bond acceptors (Lipinski definition) is 15. The van der Waals surface area contributed by atoms with Crippen molar-refractivity contribution in [2.24, 2.45) is 11.3 Å². The quantitative estimate of drug-likeness (QED) is 0.0442. The number of carbonyl (C=O) groups is 1. The number of aromatic nitrogens is 3. The van der Waals surface area contributed by atoms with Crippen LogP contribution in [0.5, 0.6) is 17.4 Å². The maximum absolute atomic E-state index is 14.9. The number of carbonyl (C=O) groups excluding carboxylic acids is 1. The standard InChI is InChI=1S/C51H61FN10O8S/c1-32(2)37-7-5-6-8-38(37)43-31-59(20-17-53)21-22-61(43)35-26-51(27-35)15-18-60(19-16-51)34-9-10-39(44(23-34)70-45-25-40-41(52)30-56-46(40)57-49(45)69-4)48(63)58-71(67,68)36-24-42(62(65)66)47(55-29-36)54-28-33-11-13-50(3,64)14-12-33/h5-10,23-25,29-30,32-33,35,43,64H,11-16,18-22,26-28,31H2,1-4H3,(H,54,55)(H,56,57)(H,58,63)/t33?,43-,50?/m0/s1. The third kappa shape index (κ3) is 10.5. The van der Waals surface area contributed by atoms with Crippen molar-refractivity contribution in [2.45, 2.75) is 101 Å². The number of methoxy groups -OCH3 is 1. The van der Waals surface area contributed by atoms with Gasteiger partial charge in [-0.05, 0) is 98.8 Å². The summed E-state index contributed by atoms with van der Waals surface area (Å²) in [5.74, 6) is -1.42. The van der Waals surface area contributed by atoms with Crippen molar-refractivity contribution in [1.29, 1.82) is 5.26 Å². The van der Waals surface area contributed by atoms with Crippen molar-refractivity contribution < 1.29 is 37.1 Å². The number of H-pyrrole nitrogens is 1. The molecule has 4 N–H and O–H groups in total. The van der Waals surface area contributed by atoms with Gasteiger partial charge in [-0.25, -0.2) is 22.5 Å². The SMILES string of the molecule is COc1nc2[nH]cc(F)c2cc1Oc1cc(N2CCC3(CC2)CC(N2CCN(CC#N)C[C@H]2c2ccccc2C(C)C)C3)ccc1C(=O)NS(=O)(=O)c1cnc(NCC2CCC(C)(O)CC2)c([N+](=O)[O-])c1. The van der Waals surface area contributed by atoms with E-state index in [0.717, 1.165) is 63.8 Å². The molecule has 2 aromatic carbocycles. The van der Waals surface area contributed by atoms with Crippen LogP contribution in [0.25, 0.3) is 11.0 Å². The number of sulfonamides is 1. The Labute approximate surface area is 412 Å². The smallest absolute Gasteiger partial charge is 0.312 e. The predicted octanol–water partition coefficient (Wildman–Crippen LogP) is 8.03. The fourth-order valence-corrected chi connectivity index (χ4v) is 12.0. The number of nitriles is 1. The lowest BCUT2D eigenvalue weighted by Gasteiger charge is -2.58. The largest absolute Gasteiger partial charge is 0.478 e. The monoisotopic (exact) mass is 992 g/mol. The minimum Gasteiger partial charge on any atom is -0.478 e. The van der Waals surface area contributed by atoms with E-state index in [4.69, 9.17) is 9.47 Å². The highest BCUT2D eigenvalue weighted by molar-refractivity contribution is 7.90. The van der Waals surface area contributed by atoms with Crippen LogP contribution >= 0.6 is 0 Å². The molecule has 18 nitrogen and oxygen atoms in total. The molecule has 1 spiro atoms. The second-order valence-corrected chi connectivity index (χ2v) is 22.0. The number of ether oxygens (including phenoxy) is 2. The van der Waals surface area contributed by atoms with Crippen molar-refractivity contribution >= 4 is 44.2 Å². The molecule has 2 saturated carbocycles. The maximum atomic E-state index is 14.9. The predicted molar refractivity (Wildman–Crippen MR) is 265 cm³/mol. The fourth-order valence-electron chi connectivity index (χ4n) is 11.1. The lowest BCUT2D eigenvalue weighted by molar-refractivity contribution is -0.384. The second kappa shape index (κ2) is 20.0. The number of fused-ring (bicyclic) bond motifs is 1. The molecule has 71 heavy (non-hydrogen) atoms. The van der Waals surface area contributed by atoms with Crippen molar-refractivity contribution in [3.63, 3.8) is 0 Å². The summed E-state index contributed by atoms with van der Waals surface area (Å²) in [5.41, 5.74) is 2.22. The van der Waals surface area contributed by atoms with Gasteiger partial charge in [0, 0.05) is 81.4 Å². The number of rotatable bonds is 15. The second-order valence-electron chi connectivity index (χ2n) is 20.3. The molecule has 1 amide bonds. The van der Waals surface area contributed by atoms with Gasteiger partial charge in [0.25, 0.3) is 21.8 Å². The average molecular weight is 993 g/mol. The molecule has 1 atom stereocenters. The van der Waals surface area contributed by atoms with Gasteiger partial charge in [0.2, 0.25) is 5.82 Å². The van der Waals surface area contributed by atoms with Crippen LogP contribution in [0.1, 0.15) is 106 Å². The van der Waals surface area contributed by atoms with Crippen LogP contribution in [-0.4, -0.2) is 114 Å². The molecule has 4 aliphatic rings. The van der Waals surface area contributed by atoms with E-state index in [-0.39, 0.29) is 57.2 Å². The van der Waals surface area contributed by atoms with Crippen LogP contribution in [0.3, 0.4) is 0 Å². The van der Waals surface area contributed by atoms with Crippen molar-refractivity contribution in [1.82, 2.24) is 29.5 Å². The summed E-state index contributed by atoms with van der Waals surface area (Å²) < 4.78 is 56.4. The highest BCUT2D eigenvalue weighted by Crippen LogP contribution is 2.53. The summed E-state index contributed by atoms with van der Waals surface area (Å²) >= 11 is 0. The lowest BCUT2D eigenvalue weighted by Crippen LogP contribution is -2.60. The first-order valence-corrected chi connectivity index (χ1v) is 25.8. The molecule has 2 saturated heterocycles. The van der Waals surface area contributed by atoms with E-state index in [9.17, 15) is 38.1 Å². The van der Waals surface area contributed by atoms with E-state index in [1.54, 1.807) is 19.1 Å². The molecule has 3 aromatic heterocycles. The van der Waals surface area contributed by atoms with Gasteiger partial charge in [-0.3, -0.25) is 24.7 Å². The highest BCUT2D eigenvalue weighted by atomic mass is 32.2. The summed E-state index contributed by atoms with van der Waals surface area (Å²) in [5, 5.41) is 35.1. The van der Waals surface area contributed by atoms with E-state index in [2.05, 4.69) is 79.2 Å². The Morgan fingerprint density at radius 3 is 2.52 bits per heavy atom. The molecular formula is C51H61FN10O8S. The van der Waals surface area contributed by atoms with Gasteiger partial charge < -0.3 is 29.8 Å². The molecule has 9 rings (SSSR count). The van der Waals surface area contributed by atoms with Crippen molar-refractivity contribution in [3.05, 3.63) is 99.6 Å². The lowest BCUT2D eigenvalue weighted by atomic mass is 9.59. The van der Waals surface area contributed by atoms with E-state index < -0.39 is 42.9 Å². The van der Waals surface area contributed by atoms with Gasteiger partial charge in [-0.2, -0.15) is 10.2 Å². The topological polar surface area (TPSA) is 232 Å². The minimum absolute atomic E-state index is 0.0213. The number of hydrogen-bond donors (Lipinski definition) is 4. The number of amides is 1. The Hall–Kier alpha value is -6.40. The van der Waals surface area contributed by atoms with Crippen LogP contribution in [-0.2, 0) is 10.0 Å². The van der Waals surface area contributed by atoms with Crippen LogP contribution in [0, 0.1) is 38.6 Å². The molecule has 2 aliphatic carbocycles. The van der Waals surface area contributed by atoms with Crippen LogP contribution in [0.4, 0.5) is 21.6 Å². The fraction of sp³-hybridized carbons (Fsp3) is 0.490. The molecule has 2 aliphatic heterocycles. The molecule has 4 fully saturated rings. The highest BCUT2D eigenvalue weighted by Gasteiger charge is 2.50. The molecule has 0 bridgehead atoms. The number of nitro groups is 1. The third-order valence-electron chi connectivity index (χ3n) is 15.3. The molecule has 5 aromatic rings. The first kappa shape index (κ1) is 49.6. The molecular weight excluding hydrogens is 932 g/mol. The van der Waals surface area contributed by atoms with Gasteiger partial charge in [-0.1, -0.05) is 38.1 Å². The zero-order chi connectivity index (χ0) is 50.2. The number of anilines is 2. The average Bonchev–Trinajstić information content (AvgIpc) is 3.70. The number of aliphatic hydroxyl groups is 1. The number of aromatic amines is 1. The maximum Gasteiger partial charge on any atom is 0.312 e. The molecule has 5 heterocycles. The van der Waals surface area contributed by atoms with Crippen LogP contribution in [0.15, 0.2) is 71.9 Å². The van der Waals surface area contributed by atoms with E-state index >= 15 is 0 Å². The van der Waals surface area contributed by atoms with Crippen molar-refractivity contribution in [3.8, 4) is 23.4 Å². The zero-order valence-electron chi connectivity index (χ0n) is 40.5. The number of piperidine rings is 1. The first-order chi connectivity index (χ1) is 33.9. The number of nitrogens with one attached hydrogen (secondary N) is 3. The summed E-state index contributed by atoms with van der Waals surface area (Å²) in [6, 6.07) is 18.7. The Balaban J connectivity index is 0.930. The van der Waals surface area contributed by atoms with Gasteiger partial charge in [0.05, 0.1) is 47.4 Å². The third-order valence-corrected chi connectivity index (χ3v) is 16.6. The zero-order valence-corrected chi connectivity index (χ0v) is 41.3. The number of pyridine rings is 2. The Morgan fingerprint density at radius 2 is 1.82 bits per heavy atom. The van der Waals surface area contributed by atoms with E-state index in [0.29, 0.717) is 69.5 Å². The Bertz CT molecular complexity index is 2950. The van der Waals surface area contributed by atoms with Crippen LogP contribution < -0.4 is 24.4 Å². The summed E-state index contributed by atoms with van der Waals surface area (Å²) in [6.45, 7) is 11.0. The van der Waals surface area contributed by atoms with Crippen molar-refractivity contribution in [2.75, 3.05) is 63.1 Å². The van der Waals surface area contributed by atoms with E-state index in [1.807, 2.05) is 4.72 Å². The van der Waals surface area contributed by atoms with E-state index in [1.165, 1.54) is 30.4 Å². The van der Waals surface area contributed by atoms with Gasteiger partial charge >= 0.3 is 5.69 Å². The number of halogens is 1. The van der Waals surface area contributed by atoms with Gasteiger partial charge in [0.1, 0.15) is 22.1 Å². The van der Waals surface area contributed by atoms with Gasteiger partial charge in [0.15, 0.2) is 5.75 Å². The molecule has 0 radical (unpaired) electrons. The number of benzene rings is 2. The minimum atomic E-state index is -4.74. The molecule has 376 valence electrons. The normalized spacial score (nSPS) is 22.0. The summed E-state index contributed by atoms with van der Waals surface area (Å²) in [7, 11) is -3.38.